The second kappa shape index (κ2) is 5.14. The molecule has 0 spiro atoms. The number of likely N-dealkylation sites (tertiary alicyclic amines) is 1. The zero-order valence-corrected chi connectivity index (χ0v) is 12.7. The Kier molecular flexibility index (Phi) is 3.79. The summed E-state index contributed by atoms with van der Waals surface area (Å²) in [5.74, 6) is -1.39. The van der Waals surface area contributed by atoms with Gasteiger partial charge in [-0.15, -0.1) is 0 Å². The Morgan fingerprint density at radius 2 is 1.90 bits per heavy atom. The number of amides is 1. The summed E-state index contributed by atoms with van der Waals surface area (Å²) >= 11 is 0. The van der Waals surface area contributed by atoms with Crippen molar-refractivity contribution in [1.82, 2.24) is 4.90 Å². The van der Waals surface area contributed by atoms with E-state index in [1.165, 1.54) is 17.0 Å². The molecule has 0 aliphatic carbocycles. The Morgan fingerprint density at radius 3 is 2.43 bits per heavy atom. The van der Waals surface area contributed by atoms with Crippen molar-refractivity contribution >= 4 is 21.7 Å². The third kappa shape index (κ3) is 2.92. The number of carbonyl (C=O) groups is 2. The molecule has 2 rings (SSSR count). The lowest BCUT2D eigenvalue weighted by Gasteiger charge is -2.21. The number of hydrogen-bond donors (Lipinski definition) is 1. The Bertz CT molecular complexity index is 697. The number of carbonyl (C=O) groups excluding carboxylic acids is 1. The molecule has 0 saturated carbocycles. The summed E-state index contributed by atoms with van der Waals surface area (Å²) in [5, 5.41) is 9.19. The SMILES string of the molecule is C[C@@]1(C(=O)O)CCN(C(=O)c2ccccc2S(C)(=O)=O)C1. The highest BCUT2D eigenvalue weighted by Gasteiger charge is 2.42. The molecule has 114 valence electrons. The monoisotopic (exact) mass is 311 g/mol. The lowest BCUT2D eigenvalue weighted by molar-refractivity contribution is -0.147. The van der Waals surface area contributed by atoms with Crippen molar-refractivity contribution in [2.24, 2.45) is 5.41 Å². The minimum Gasteiger partial charge on any atom is -0.481 e. The molecule has 0 radical (unpaired) electrons. The topological polar surface area (TPSA) is 91.8 Å². The van der Waals surface area contributed by atoms with E-state index in [0.29, 0.717) is 13.0 Å². The maximum absolute atomic E-state index is 12.5. The summed E-state index contributed by atoms with van der Waals surface area (Å²) in [6, 6.07) is 5.98. The lowest BCUT2D eigenvalue weighted by Crippen LogP contribution is -2.35. The number of rotatable bonds is 3. The van der Waals surface area contributed by atoms with E-state index in [4.69, 9.17) is 0 Å². The van der Waals surface area contributed by atoms with Crippen molar-refractivity contribution in [3.05, 3.63) is 29.8 Å². The minimum atomic E-state index is -3.52. The Balaban J connectivity index is 2.34. The van der Waals surface area contributed by atoms with Crippen LogP contribution in [-0.4, -0.2) is 49.6 Å². The molecule has 1 saturated heterocycles. The number of sulfone groups is 1. The molecule has 1 N–H and O–H groups in total. The van der Waals surface area contributed by atoms with Gasteiger partial charge in [0.1, 0.15) is 0 Å². The van der Waals surface area contributed by atoms with Crippen LogP contribution in [0.15, 0.2) is 29.2 Å². The molecule has 1 heterocycles. The predicted molar refractivity (Wildman–Crippen MR) is 75.8 cm³/mol. The van der Waals surface area contributed by atoms with Crippen LogP contribution in [0, 0.1) is 5.41 Å². The first kappa shape index (κ1) is 15.5. The molecule has 21 heavy (non-hydrogen) atoms. The summed E-state index contributed by atoms with van der Waals surface area (Å²) in [5.41, 5.74) is -0.884. The van der Waals surface area contributed by atoms with Gasteiger partial charge in [0, 0.05) is 19.3 Å². The van der Waals surface area contributed by atoms with E-state index < -0.39 is 27.1 Å². The first-order valence-electron chi connectivity index (χ1n) is 6.47. The van der Waals surface area contributed by atoms with Crippen molar-refractivity contribution in [3.63, 3.8) is 0 Å². The highest BCUT2D eigenvalue weighted by atomic mass is 32.2. The fraction of sp³-hybridized carbons (Fsp3) is 0.429. The van der Waals surface area contributed by atoms with Crippen molar-refractivity contribution in [1.29, 1.82) is 0 Å². The van der Waals surface area contributed by atoms with Gasteiger partial charge in [0.25, 0.3) is 5.91 Å². The van der Waals surface area contributed by atoms with Crippen LogP contribution in [0.3, 0.4) is 0 Å². The van der Waals surface area contributed by atoms with E-state index in [1.54, 1.807) is 19.1 Å². The summed E-state index contributed by atoms with van der Waals surface area (Å²) in [6.07, 6.45) is 1.40. The molecule has 6 nitrogen and oxygen atoms in total. The van der Waals surface area contributed by atoms with E-state index in [0.717, 1.165) is 6.26 Å². The van der Waals surface area contributed by atoms with Gasteiger partial charge in [0.15, 0.2) is 9.84 Å². The molecule has 1 atom stereocenters. The van der Waals surface area contributed by atoms with Gasteiger partial charge in [-0.3, -0.25) is 9.59 Å². The third-order valence-electron chi connectivity index (χ3n) is 3.79. The zero-order chi connectivity index (χ0) is 15.8. The van der Waals surface area contributed by atoms with E-state index in [9.17, 15) is 23.1 Å². The quantitative estimate of drug-likeness (QED) is 0.900. The van der Waals surface area contributed by atoms with Gasteiger partial charge in [-0.2, -0.15) is 0 Å². The number of hydrogen-bond acceptors (Lipinski definition) is 4. The Hall–Kier alpha value is -1.89. The Labute approximate surface area is 123 Å². The molecular formula is C14H17NO5S. The van der Waals surface area contributed by atoms with Crippen molar-refractivity contribution < 1.29 is 23.1 Å². The summed E-state index contributed by atoms with van der Waals surface area (Å²) in [7, 11) is -3.52. The molecule has 7 heteroatoms. The molecule has 1 fully saturated rings. The smallest absolute Gasteiger partial charge is 0.311 e. The normalized spacial score (nSPS) is 22.3. The fourth-order valence-corrected chi connectivity index (χ4v) is 3.33. The van der Waals surface area contributed by atoms with E-state index in [1.807, 2.05) is 0 Å². The summed E-state index contributed by atoms with van der Waals surface area (Å²) in [4.78, 5) is 25.1. The first-order valence-corrected chi connectivity index (χ1v) is 8.36. The maximum atomic E-state index is 12.5. The van der Waals surface area contributed by atoms with E-state index >= 15 is 0 Å². The maximum Gasteiger partial charge on any atom is 0.311 e. The van der Waals surface area contributed by atoms with Crippen LogP contribution in [-0.2, 0) is 14.6 Å². The van der Waals surface area contributed by atoms with Crippen molar-refractivity contribution in [3.8, 4) is 0 Å². The fourth-order valence-electron chi connectivity index (χ4n) is 2.45. The average Bonchev–Trinajstić information content (AvgIpc) is 2.81. The van der Waals surface area contributed by atoms with Crippen LogP contribution in [0.5, 0.6) is 0 Å². The van der Waals surface area contributed by atoms with Crippen molar-refractivity contribution in [2.75, 3.05) is 19.3 Å². The van der Waals surface area contributed by atoms with Gasteiger partial charge < -0.3 is 10.0 Å². The summed E-state index contributed by atoms with van der Waals surface area (Å²) < 4.78 is 23.5. The molecular weight excluding hydrogens is 294 g/mol. The van der Waals surface area contributed by atoms with Crippen LogP contribution in [0.2, 0.25) is 0 Å². The molecule has 0 unspecified atom stereocenters. The molecule has 0 aromatic heterocycles. The number of aliphatic carboxylic acids is 1. The largest absolute Gasteiger partial charge is 0.481 e. The van der Waals surface area contributed by atoms with Gasteiger partial charge in [0.05, 0.1) is 15.9 Å². The number of nitrogens with zero attached hydrogens (tertiary/aromatic N) is 1. The second-order valence-electron chi connectivity index (χ2n) is 5.61. The first-order chi connectivity index (χ1) is 9.65. The van der Waals surface area contributed by atoms with Crippen LogP contribution in [0.1, 0.15) is 23.7 Å². The lowest BCUT2D eigenvalue weighted by atomic mass is 9.90. The van der Waals surface area contributed by atoms with Gasteiger partial charge in [-0.25, -0.2) is 8.42 Å². The summed E-state index contributed by atoms with van der Waals surface area (Å²) in [6.45, 7) is 1.98. The Morgan fingerprint density at radius 1 is 1.29 bits per heavy atom. The van der Waals surface area contributed by atoms with Gasteiger partial charge >= 0.3 is 5.97 Å². The molecule has 1 aliphatic heterocycles. The average molecular weight is 311 g/mol. The van der Waals surface area contributed by atoms with E-state index in [-0.39, 0.29) is 17.0 Å². The second-order valence-corrected chi connectivity index (χ2v) is 7.60. The standard InChI is InChI=1S/C14H17NO5S/c1-14(13(17)18)7-8-15(9-14)12(16)10-5-3-4-6-11(10)21(2,19)20/h3-6H,7-9H2,1-2H3,(H,17,18)/t14-/m1/s1. The predicted octanol–water partition coefficient (Wildman–Crippen LogP) is 1.03. The number of carboxylic acids is 1. The molecule has 1 aromatic carbocycles. The highest BCUT2D eigenvalue weighted by Crippen LogP contribution is 2.31. The zero-order valence-electron chi connectivity index (χ0n) is 11.9. The number of benzene rings is 1. The number of carboxylic acid groups (broad SMARTS) is 1. The molecule has 1 amide bonds. The van der Waals surface area contributed by atoms with Crippen LogP contribution < -0.4 is 0 Å². The molecule has 1 aromatic rings. The third-order valence-corrected chi connectivity index (χ3v) is 4.95. The van der Waals surface area contributed by atoms with Gasteiger partial charge in [-0.1, -0.05) is 12.1 Å². The van der Waals surface area contributed by atoms with Crippen LogP contribution in [0.25, 0.3) is 0 Å². The van der Waals surface area contributed by atoms with Gasteiger partial charge in [-0.05, 0) is 25.5 Å². The molecule has 0 bridgehead atoms. The van der Waals surface area contributed by atoms with Crippen LogP contribution in [0.4, 0.5) is 0 Å². The molecule has 1 aliphatic rings. The van der Waals surface area contributed by atoms with E-state index in [2.05, 4.69) is 0 Å². The minimum absolute atomic E-state index is 0.0288. The van der Waals surface area contributed by atoms with Crippen LogP contribution >= 0.6 is 0 Å². The highest BCUT2D eigenvalue weighted by molar-refractivity contribution is 7.90. The van der Waals surface area contributed by atoms with Crippen molar-refractivity contribution in [2.45, 2.75) is 18.2 Å². The van der Waals surface area contributed by atoms with Gasteiger partial charge in [0.2, 0.25) is 0 Å².